The number of carbonyl (C=O) groups excluding carboxylic acids is 2. The van der Waals surface area contributed by atoms with Crippen molar-refractivity contribution in [2.75, 3.05) is 5.73 Å². The van der Waals surface area contributed by atoms with Gasteiger partial charge in [-0.3, -0.25) is 0 Å². The highest BCUT2D eigenvalue weighted by molar-refractivity contribution is 8.72. The van der Waals surface area contributed by atoms with Crippen molar-refractivity contribution in [2.24, 2.45) is 0 Å². The predicted molar refractivity (Wildman–Crippen MR) is 140 cm³/mol. The lowest BCUT2D eigenvalue weighted by Crippen LogP contribution is -2.29. The molecule has 0 aliphatic rings. The van der Waals surface area contributed by atoms with Gasteiger partial charge in [-0.25, -0.2) is 18.0 Å². The lowest BCUT2D eigenvalue weighted by Gasteiger charge is -2.25. The molecule has 0 spiro atoms. The van der Waals surface area contributed by atoms with Crippen LogP contribution in [0.5, 0.6) is 0 Å². The summed E-state index contributed by atoms with van der Waals surface area (Å²) in [6.45, 7) is 15.7. The zero-order valence-corrected chi connectivity index (χ0v) is 23.4. The highest BCUT2D eigenvalue weighted by Gasteiger charge is 2.33. The molecule has 0 radical (unpaired) electrons. The highest BCUT2D eigenvalue weighted by Crippen LogP contribution is 2.42. The molecular weight excluding hydrogens is 486 g/mol. The number of aryl methyl sites for hydroxylation is 1. The molecule has 0 aliphatic heterocycles. The molecule has 0 bridgehead atoms. The molecule has 0 atom stereocenters. The summed E-state index contributed by atoms with van der Waals surface area (Å²) < 4.78 is 37.5. The van der Waals surface area contributed by atoms with Gasteiger partial charge in [0.15, 0.2) is 0 Å². The van der Waals surface area contributed by atoms with Gasteiger partial charge in [-0.1, -0.05) is 31.5 Å². The Hall–Kier alpha value is -2.52. The Labute approximate surface area is 212 Å². The van der Waals surface area contributed by atoms with Crippen molar-refractivity contribution in [1.29, 1.82) is 0 Å². The minimum atomic E-state index is -3.85. The lowest BCUT2D eigenvalue weighted by atomic mass is 9.94. The fourth-order valence-electron chi connectivity index (χ4n) is 3.27. The maximum atomic E-state index is 13.2. The standard InChI is InChI=1S/C26H35NO6S2/c1-15(2)20-19(34-35(30,31)17-12-10-16(3)11-13-17)14-18(23(28)32-25(4,5)6)21(22(20)27)24(29)33-26(7,8)9/h10-15H,27H2,1-9H3. The summed E-state index contributed by atoms with van der Waals surface area (Å²) in [5, 5.41) is 0. The van der Waals surface area contributed by atoms with E-state index in [4.69, 9.17) is 15.2 Å². The summed E-state index contributed by atoms with van der Waals surface area (Å²) in [6.07, 6.45) is 0. The summed E-state index contributed by atoms with van der Waals surface area (Å²) in [4.78, 5) is 26.7. The Balaban J connectivity index is 2.78. The minimum absolute atomic E-state index is 0.000727. The topological polar surface area (TPSA) is 113 Å². The van der Waals surface area contributed by atoms with E-state index in [2.05, 4.69) is 0 Å². The van der Waals surface area contributed by atoms with Crippen molar-refractivity contribution < 1.29 is 27.5 Å². The first-order chi connectivity index (χ1) is 15.8. The molecule has 7 nitrogen and oxygen atoms in total. The van der Waals surface area contributed by atoms with Gasteiger partial charge in [0, 0.05) is 15.7 Å². The summed E-state index contributed by atoms with van der Waals surface area (Å²) in [6, 6.07) is 7.85. The molecule has 192 valence electrons. The van der Waals surface area contributed by atoms with Crippen molar-refractivity contribution >= 4 is 37.3 Å². The SMILES string of the molecule is Cc1ccc(S(=O)(=O)Sc2cc(C(=O)OC(C)(C)C)c(C(=O)OC(C)(C)C)c(N)c2C(C)C)cc1. The van der Waals surface area contributed by atoms with Crippen LogP contribution < -0.4 is 5.73 Å². The van der Waals surface area contributed by atoms with Gasteiger partial charge in [0.1, 0.15) is 11.2 Å². The molecule has 0 unspecified atom stereocenters. The minimum Gasteiger partial charge on any atom is -0.456 e. The largest absolute Gasteiger partial charge is 0.456 e. The summed E-state index contributed by atoms with van der Waals surface area (Å²) >= 11 is 0. The third-order valence-corrected chi connectivity index (χ3v) is 8.04. The molecule has 0 aromatic heterocycles. The number of rotatable bonds is 6. The van der Waals surface area contributed by atoms with E-state index in [1.54, 1.807) is 53.7 Å². The molecule has 0 amide bonds. The number of carbonyl (C=O) groups is 2. The van der Waals surface area contributed by atoms with Crippen molar-refractivity contribution in [3.63, 3.8) is 0 Å². The smallest absolute Gasteiger partial charge is 0.341 e. The van der Waals surface area contributed by atoms with E-state index < -0.39 is 32.0 Å². The molecule has 35 heavy (non-hydrogen) atoms. The molecule has 9 heteroatoms. The van der Waals surface area contributed by atoms with Gasteiger partial charge in [0.2, 0.25) is 8.87 Å². The Morgan fingerprint density at radius 1 is 0.914 bits per heavy atom. The maximum absolute atomic E-state index is 13.2. The van der Waals surface area contributed by atoms with Crippen LogP contribution in [0.2, 0.25) is 0 Å². The lowest BCUT2D eigenvalue weighted by molar-refractivity contribution is 0.00191. The molecule has 2 rings (SSSR count). The number of nitrogens with two attached hydrogens (primary N) is 1. The summed E-state index contributed by atoms with van der Waals surface area (Å²) in [7, 11) is -3.26. The van der Waals surface area contributed by atoms with Crippen LogP contribution in [0.1, 0.15) is 93.2 Å². The Morgan fingerprint density at radius 2 is 1.40 bits per heavy atom. The second-order valence-corrected chi connectivity index (χ2v) is 14.4. The van der Waals surface area contributed by atoms with Crippen LogP contribution in [0.3, 0.4) is 0 Å². The monoisotopic (exact) mass is 521 g/mol. The summed E-state index contributed by atoms with van der Waals surface area (Å²) in [5.74, 6) is -1.83. The van der Waals surface area contributed by atoms with Gasteiger partial charge in [-0.15, -0.1) is 0 Å². The van der Waals surface area contributed by atoms with E-state index >= 15 is 0 Å². The second kappa shape index (κ2) is 10.2. The van der Waals surface area contributed by atoms with Crippen LogP contribution >= 0.6 is 10.8 Å². The predicted octanol–water partition coefficient (Wildman–Crippen LogP) is 6.09. The van der Waals surface area contributed by atoms with E-state index in [-0.39, 0.29) is 32.5 Å². The second-order valence-electron chi connectivity index (χ2n) is 10.6. The molecule has 0 aliphatic carbocycles. The zero-order chi connectivity index (χ0) is 26.9. The van der Waals surface area contributed by atoms with E-state index in [1.165, 1.54) is 18.2 Å². The van der Waals surface area contributed by atoms with E-state index in [1.807, 2.05) is 20.8 Å². The van der Waals surface area contributed by atoms with Gasteiger partial charge in [0.25, 0.3) is 0 Å². The molecule has 0 saturated carbocycles. The first kappa shape index (κ1) is 28.7. The highest BCUT2D eigenvalue weighted by atomic mass is 33.1. The Kier molecular flexibility index (Phi) is 8.39. The van der Waals surface area contributed by atoms with Crippen LogP contribution in [0.4, 0.5) is 5.69 Å². The number of esters is 2. The van der Waals surface area contributed by atoms with Gasteiger partial charge < -0.3 is 15.2 Å². The van der Waals surface area contributed by atoms with Gasteiger partial charge in [-0.2, -0.15) is 0 Å². The number of hydrogen-bond acceptors (Lipinski definition) is 8. The molecule has 2 N–H and O–H groups in total. The van der Waals surface area contributed by atoms with Gasteiger partial charge in [-0.05, 0) is 78.1 Å². The molecule has 0 fully saturated rings. The van der Waals surface area contributed by atoms with Gasteiger partial charge >= 0.3 is 11.9 Å². The van der Waals surface area contributed by atoms with Crippen molar-refractivity contribution in [2.45, 2.75) is 89.2 Å². The quantitative estimate of drug-likeness (QED) is 0.276. The van der Waals surface area contributed by atoms with E-state index in [0.717, 1.165) is 5.56 Å². The van der Waals surface area contributed by atoms with Crippen molar-refractivity contribution in [3.8, 4) is 0 Å². The first-order valence-corrected chi connectivity index (χ1v) is 14.1. The Morgan fingerprint density at radius 3 is 1.86 bits per heavy atom. The van der Waals surface area contributed by atoms with Crippen LogP contribution in [0.15, 0.2) is 40.1 Å². The average molecular weight is 522 g/mol. The van der Waals surface area contributed by atoms with Crippen LogP contribution in [0.25, 0.3) is 0 Å². The fourth-order valence-corrected chi connectivity index (χ4v) is 6.42. The number of nitrogen functional groups attached to an aromatic ring is 1. The van der Waals surface area contributed by atoms with E-state index in [0.29, 0.717) is 16.4 Å². The van der Waals surface area contributed by atoms with Crippen LogP contribution in [-0.4, -0.2) is 31.6 Å². The molecule has 2 aromatic rings. The molecule has 0 saturated heterocycles. The van der Waals surface area contributed by atoms with Crippen molar-refractivity contribution in [3.05, 3.63) is 52.6 Å². The van der Waals surface area contributed by atoms with E-state index in [9.17, 15) is 18.0 Å². The fraction of sp³-hybridized carbons (Fsp3) is 0.462. The molecular formula is C26H35NO6S2. The molecule has 2 aromatic carbocycles. The number of ether oxygens (including phenoxy) is 2. The third-order valence-electron chi connectivity index (χ3n) is 4.68. The van der Waals surface area contributed by atoms with Crippen molar-refractivity contribution in [1.82, 2.24) is 0 Å². The number of anilines is 1. The maximum Gasteiger partial charge on any atom is 0.341 e. The number of hydrogen-bond donors (Lipinski definition) is 1. The zero-order valence-electron chi connectivity index (χ0n) is 21.8. The first-order valence-electron chi connectivity index (χ1n) is 11.3. The van der Waals surface area contributed by atoms with Crippen LogP contribution in [0, 0.1) is 6.92 Å². The normalized spacial score (nSPS) is 12.5. The van der Waals surface area contributed by atoms with Crippen LogP contribution in [-0.2, 0) is 18.3 Å². The third kappa shape index (κ3) is 7.48. The molecule has 0 heterocycles. The Bertz CT molecular complexity index is 1220. The number of benzene rings is 2. The van der Waals surface area contributed by atoms with Gasteiger partial charge in [0.05, 0.1) is 21.7 Å². The average Bonchev–Trinajstić information content (AvgIpc) is 2.64. The summed E-state index contributed by atoms with van der Waals surface area (Å²) in [5.41, 5.74) is 5.88.